The minimum Gasteiger partial charge on any atom is -0.488 e. The number of para-hydroxylation sites is 1. The highest BCUT2D eigenvalue weighted by Gasteiger charge is 2.52. The summed E-state index contributed by atoms with van der Waals surface area (Å²) >= 11 is 0. The maximum Gasteiger partial charge on any atom is 0.498 e. The van der Waals surface area contributed by atoms with E-state index >= 15 is 0 Å². The highest BCUT2D eigenvalue weighted by molar-refractivity contribution is 6.65. The fraction of sp³-hybridized carbons (Fsp3) is 0.370. The molecule has 2 aromatic heterocycles. The van der Waals surface area contributed by atoms with E-state index in [1.165, 1.54) is 0 Å². The molecule has 1 aliphatic rings. The number of benzene rings is 2. The molecular formula is C27H29BO7. The Bertz CT molecular complexity index is 1360. The number of carbonyl (C=O) groups is 1. The normalized spacial score (nSPS) is 16.8. The van der Waals surface area contributed by atoms with E-state index in [-0.39, 0.29) is 19.0 Å². The van der Waals surface area contributed by atoms with Crippen molar-refractivity contribution in [1.29, 1.82) is 0 Å². The molecule has 5 rings (SSSR count). The van der Waals surface area contributed by atoms with Crippen molar-refractivity contribution in [3.8, 4) is 5.75 Å². The lowest BCUT2D eigenvalue weighted by Gasteiger charge is -2.32. The second-order valence-corrected chi connectivity index (χ2v) is 9.73. The summed E-state index contributed by atoms with van der Waals surface area (Å²) in [7, 11) is -0.577. The van der Waals surface area contributed by atoms with Crippen LogP contribution in [0.5, 0.6) is 5.75 Å². The first-order valence-electron chi connectivity index (χ1n) is 11.8. The third kappa shape index (κ3) is 4.21. The van der Waals surface area contributed by atoms with Gasteiger partial charge in [0, 0.05) is 22.0 Å². The van der Waals surface area contributed by atoms with E-state index in [1.807, 2.05) is 64.1 Å². The zero-order valence-electron chi connectivity index (χ0n) is 20.7. The van der Waals surface area contributed by atoms with Crippen molar-refractivity contribution in [3.63, 3.8) is 0 Å². The molecular weight excluding hydrogens is 447 g/mol. The molecule has 2 aromatic carbocycles. The Morgan fingerprint density at radius 2 is 1.69 bits per heavy atom. The first kappa shape index (κ1) is 23.5. The molecule has 182 valence electrons. The van der Waals surface area contributed by atoms with Crippen LogP contribution in [-0.4, -0.2) is 30.9 Å². The van der Waals surface area contributed by atoms with Crippen molar-refractivity contribution in [2.75, 3.05) is 6.61 Å². The summed E-state index contributed by atoms with van der Waals surface area (Å²) in [6.07, 6.45) is 3.49. The van der Waals surface area contributed by atoms with Gasteiger partial charge < -0.3 is 27.6 Å². The van der Waals surface area contributed by atoms with Gasteiger partial charge in [0.05, 0.1) is 42.1 Å². The zero-order chi connectivity index (χ0) is 24.8. The Hall–Kier alpha value is -3.23. The van der Waals surface area contributed by atoms with Crippen LogP contribution >= 0.6 is 0 Å². The van der Waals surface area contributed by atoms with Gasteiger partial charge in [-0.1, -0.05) is 18.2 Å². The van der Waals surface area contributed by atoms with Gasteiger partial charge in [0.15, 0.2) is 0 Å². The van der Waals surface area contributed by atoms with E-state index in [2.05, 4.69) is 0 Å². The van der Waals surface area contributed by atoms with E-state index in [9.17, 15) is 4.79 Å². The van der Waals surface area contributed by atoms with Crippen LogP contribution in [0.15, 0.2) is 57.8 Å². The molecule has 0 bridgehead atoms. The van der Waals surface area contributed by atoms with Gasteiger partial charge in [-0.15, -0.1) is 0 Å². The van der Waals surface area contributed by atoms with Crippen LogP contribution in [0.3, 0.4) is 0 Å². The van der Waals surface area contributed by atoms with Gasteiger partial charge in [-0.05, 0) is 52.8 Å². The number of fused-ring (bicyclic) bond motifs is 3. The number of hydrogen-bond donors (Lipinski definition) is 0. The lowest BCUT2D eigenvalue weighted by molar-refractivity contribution is -0.142. The van der Waals surface area contributed by atoms with Gasteiger partial charge in [-0.3, -0.25) is 4.79 Å². The smallest absolute Gasteiger partial charge is 0.488 e. The molecule has 0 radical (unpaired) electrons. The predicted octanol–water partition coefficient (Wildman–Crippen LogP) is 5.16. The highest BCUT2D eigenvalue weighted by Crippen LogP contribution is 2.38. The van der Waals surface area contributed by atoms with Crippen molar-refractivity contribution in [2.24, 2.45) is 0 Å². The Labute approximate surface area is 204 Å². The third-order valence-electron chi connectivity index (χ3n) is 6.88. The zero-order valence-corrected chi connectivity index (χ0v) is 20.7. The number of hydrogen-bond acceptors (Lipinski definition) is 7. The predicted molar refractivity (Wildman–Crippen MR) is 133 cm³/mol. The minimum atomic E-state index is -0.577. The maximum atomic E-state index is 12.0. The molecule has 0 unspecified atom stereocenters. The average molecular weight is 476 g/mol. The van der Waals surface area contributed by atoms with Crippen LogP contribution in [0.25, 0.3) is 21.9 Å². The van der Waals surface area contributed by atoms with Crippen molar-refractivity contribution >= 4 is 40.5 Å². The fourth-order valence-corrected chi connectivity index (χ4v) is 4.27. The van der Waals surface area contributed by atoms with E-state index < -0.39 is 18.3 Å². The van der Waals surface area contributed by atoms with Crippen LogP contribution in [0.1, 0.15) is 45.7 Å². The van der Waals surface area contributed by atoms with Crippen LogP contribution in [-0.2, 0) is 31.9 Å². The molecule has 4 aromatic rings. The second-order valence-electron chi connectivity index (χ2n) is 9.73. The molecule has 0 aliphatic carbocycles. The van der Waals surface area contributed by atoms with Crippen LogP contribution in [0.2, 0.25) is 0 Å². The minimum absolute atomic E-state index is 0.151. The Balaban J connectivity index is 1.47. The molecule has 0 spiro atoms. The van der Waals surface area contributed by atoms with E-state index in [0.29, 0.717) is 23.5 Å². The Morgan fingerprint density at radius 3 is 2.43 bits per heavy atom. The molecule has 0 amide bonds. The van der Waals surface area contributed by atoms with Gasteiger partial charge >= 0.3 is 13.1 Å². The van der Waals surface area contributed by atoms with Crippen molar-refractivity contribution in [2.45, 2.75) is 58.8 Å². The molecule has 0 N–H and O–H groups in total. The molecule has 1 saturated heterocycles. The molecule has 7 nitrogen and oxygen atoms in total. The molecule has 35 heavy (non-hydrogen) atoms. The van der Waals surface area contributed by atoms with Crippen molar-refractivity contribution in [3.05, 3.63) is 60.1 Å². The Kier molecular flexibility index (Phi) is 5.89. The van der Waals surface area contributed by atoms with Crippen LogP contribution < -0.4 is 10.2 Å². The summed E-state index contributed by atoms with van der Waals surface area (Å²) in [6.45, 7) is 10.5. The summed E-state index contributed by atoms with van der Waals surface area (Å²) in [4.78, 5) is 12.0. The highest BCUT2D eigenvalue weighted by atomic mass is 16.7. The summed E-state index contributed by atoms with van der Waals surface area (Å²) in [5, 5.41) is 1.74. The van der Waals surface area contributed by atoms with Crippen molar-refractivity contribution < 1.29 is 32.4 Å². The quantitative estimate of drug-likeness (QED) is 0.269. The van der Waals surface area contributed by atoms with Gasteiger partial charge in [-0.2, -0.15) is 0 Å². The average Bonchev–Trinajstić information content (AvgIpc) is 3.48. The monoisotopic (exact) mass is 476 g/mol. The molecule has 0 atom stereocenters. The number of rotatable bonds is 7. The van der Waals surface area contributed by atoms with Gasteiger partial charge in [0.1, 0.15) is 23.5 Å². The Morgan fingerprint density at radius 1 is 0.943 bits per heavy atom. The number of furan rings is 2. The van der Waals surface area contributed by atoms with Gasteiger partial charge in [0.25, 0.3) is 0 Å². The number of carbonyl (C=O) groups excluding carboxylic acids is 1. The summed E-state index contributed by atoms with van der Waals surface area (Å²) in [5.74, 6) is 0.345. The first-order valence-corrected chi connectivity index (χ1v) is 11.8. The molecule has 1 fully saturated rings. The summed E-state index contributed by atoms with van der Waals surface area (Å²) in [5.41, 5.74) is 2.89. The topological polar surface area (TPSA) is 80.3 Å². The van der Waals surface area contributed by atoms with E-state index in [4.69, 9.17) is 27.6 Å². The molecule has 3 heterocycles. The lowest BCUT2D eigenvalue weighted by Crippen LogP contribution is -2.41. The SMILES string of the molecule is CCOC(=O)Cc1ccccc1OCc1coc2c1cc(B1OC(C)(C)C(C)(C)O1)c1occc12. The van der Waals surface area contributed by atoms with Gasteiger partial charge in [-0.25, -0.2) is 0 Å². The van der Waals surface area contributed by atoms with E-state index in [1.54, 1.807) is 19.5 Å². The third-order valence-corrected chi connectivity index (χ3v) is 6.88. The molecule has 1 aliphatic heterocycles. The lowest BCUT2D eigenvalue weighted by atomic mass is 9.77. The molecule has 0 saturated carbocycles. The van der Waals surface area contributed by atoms with Crippen molar-refractivity contribution in [1.82, 2.24) is 0 Å². The van der Waals surface area contributed by atoms with E-state index in [0.717, 1.165) is 27.4 Å². The number of esters is 1. The maximum absolute atomic E-state index is 12.0. The first-order chi connectivity index (χ1) is 16.7. The summed E-state index contributed by atoms with van der Waals surface area (Å²) in [6, 6.07) is 11.3. The van der Waals surface area contributed by atoms with Gasteiger partial charge in [0.2, 0.25) is 0 Å². The largest absolute Gasteiger partial charge is 0.498 e. The standard InChI is InChI=1S/C27H29BO7/c1-6-30-23(29)13-17-9-7-8-10-22(17)32-15-18-16-33-24-19-11-12-31-25(19)21(14-20(18)24)28-34-26(2,3)27(4,5)35-28/h7-12,14,16H,6,13,15H2,1-5H3. The van der Waals surface area contributed by atoms with Crippen LogP contribution in [0.4, 0.5) is 0 Å². The molecule has 8 heteroatoms. The summed E-state index contributed by atoms with van der Waals surface area (Å²) < 4.78 is 35.6. The van der Waals surface area contributed by atoms with Crippen LogP contribution in [0, 0.1) is 0 Å². The second kappa shape index (κ2) is 8.77. The number of ether oxygens (including phenoxy) is 2. The fourth-order valence-electron chi connectivity index (χ4n) is 4.27.